The number of nitrogens with one attached hydrogen (secondary N) is 1. The van der Waals surface area contributed by atoms with Crippen molar-refractivity contribution in [2.75, 3.05) is 20.3 Å². The van der Waals surface area contributed by atoms with Gasteiger partial charge in [-0.2, -0.15) is 0 Å². The molecule has 1 aliphatic rings. The molecular weight excluding hydrogens is 394 g/mol. The molecule has 7 nitrogen and oxygen atoms in total. The number of ether oxygens (including phenoxy) is 3. The zero-order valence-electron chi connectivity index (χ0n) is 17.8. The molecule has 162 valence electrons. The number of methoxy groups -OCH3 is 1. The number of imidazole rings is 1. The number of nitrogens with zero attached hydrogens (tertiary/aromatic N) is 2. The van der Waals surface area contributed by atoms with E-state index in [1.807, 2.05) is 60.3 Å². The molecule has 3 aromatic rings. The maximum Gasteiger partial charge on any atom is 0.221 e. The van der Waals surface area contributed by atoms with Crippen LogP contribution in [0.2, 0.25) is 0 Å². The minimum Gasteiger partial charge on any atom is -0.496 e. The Morgan fingerprint density at radius 3 is 2.77 bits per heavy atom. The predicted octanol–water partition coefficient (Wildman–Crippen LogP) is 3.43. The third kappa shape index (κ3) is 4.82. The lowest BCUT2D eigenvalue weighted by molar-refractivity contribution is -0.121. The van der Waals surface area contributed by atoms with Crippen LogP contribution in [0.3, 0.4) is 0 Å². The van der Waals surface area contributed by atoms with Crippen LogP contribution >= 0.6 is 0 Å². The monoisotopic (exact) mass is 421 g/mol. The molecule has 1 N–H and O–H groups in total. The Bertz CT molecular complexity index is 1050. The van der Waals surface area contributed by atoms with Gasteiger partial charge in [0.2, 0.25) is 5.91 Å². The lowest BCUT2D eigenvalue weighted by Crippen LogP contribution is -2.31. The highest BCUT2D eigenvalue weighted by molar-refractivity contribution is 5.77. The minimum absolute atomic E-state index is 0.0639. The molecule has 1 aliphatic heterocycles. The molecule has 0 radical (unpaired) electrons. The van der Waals surface area contributed by atoms with Crippen LogP contribution < -0.4 is 19.5 Å². The van der Waals surface area contributed by atoms with Crippen molar-refractivity contribution in [3.63, 3.8) is 0 Å². The van der Waals surface area contributed by atoms with E-state index in [0.29, 0.717) is 31.8 Å². The van der Waals surface area contributed by atoms with Gasteiger partial charge in [-0.1, -0.05) is 24.3 Å². The largest absolute Gasteiger partial charge is 0.496 e. The van der Waals surface area contributed by atoms with E-state index < -0.39 is 6.04 Å². The number of carbonyl (C=O) groups excluding carboxylic acids is 1. The van der Waals surface area contributed by atoms with Gasteiger partial charge < -0.3 is 24.1 Å². The topological polar surface area (TPSA) is 74.6 Å². The van der Waals surface area contributed by atoms with E-state index in [-0.39, 0.29) is 5.91 Å². The predicted molar refractivity (Wildman–Crippen MR) is 117 cm³/mol. The summed E-state index contributed by atoms with van der Waals surface area (Å²) in [6, 6.07) is 13.1. The normalized spacial score (nSPS) is 13.9. The molecule has 1 amide bonds. The Balaban J connectivity index is 1.48. The maximum absolute atomic E-state index is 12.9. The second kappa shape index (κ2) is 9.55. The van der Waals surface area contributed by atoms with Crippen molar-refractivity contribution in [2.24, 2.45) is 7.05 Å². The Kier molecular flexibility index (Phi) is 6.40. The molecule has 4 rings (SSSR count). The molecule has 1 atom stereocenters. The smallest absolute Gasteiger partial charge is 0.221 e. The highest BCUT2D eigenvalue weighted by Crippen LogP contribution is 2.31. The molecule has 31 heavy (non-hydrogen) atoms. The summed E-state index contributed by atoms with van der Waals surface area (Å²) in [7, 11) is 3.54. The van der Waals surface area contributed by atoms with Crippen LogP contribution in [0.1, 0.15) is 35.8 Å². The highest BCUT2D eigenvalue weighted by Gasteiger charge is 2.23. The number of aromatic nitrogens is 2. The van der Waals surface area contributed by atoms with E-state index >= 15 is 0 Å². The number of aryl methyl sites for hydroxylation is 2. The molecular formula is C24H27N3O4. The summed E-state index contributed by atoms with van der Waals surface area (Å²) in [5, 5.41) is 3.14. The number of hydrogen-bond donors (Lipinski definition) is 1. The van der Waals surface area contributed by atoms with Gasteiger partial charge in [-0.15, -0.1) is 0 Å². The van der Waals surface area contributed by atoms with Gasteiger partial charge in [0.1, 0.15) is 17.6 Å². The number of carbonyl (C=O) groups is 1. The van der Waals surface area contributed by atoms with E-state index in [4.69, 9.17) is 14.2 Å². The lowest BCUT2D eigenvalue weighted by Gasteiger charge is -2.21. The van der Waals surface area contributed by atoms with Gasteiger partial charge in [0, 0.05) is 37.8 Å². The van der Waals surface area contributed by atoms with Crippen LogP contribution in [0.5, 0.6) is 17.2 Å². The molecule has 0 saturated heterocycles. The summed E-state index contributed by atoms with van der Waals surface area (Å²) < 4.78 is 18.9. The quantitative estimate of drug-likeness (QED) is 0.633. The van der Waals surface area contributed by atoms with Gasteiger partial charge in [-0.05, 0) is 30.2 Å². The summed E-state index contributed by atoms with van der Waals surface area (Å²) >= 11 is 0. The highest BCUT2D eigenvalue weighted by atomic mass is 16.5. The Hall–Kier alpha value is -3.48. The van der Waals surface area contributed by atoms with Crippen molar-refractivity contribution in [1.29, 1.82) is 0 Å². The fraction of sp³-hybridized carbons (Fsp3) is 0.333. The first-order valence-corrected chi connectivity index (χ1v) is 10.4. The van der Waals surface area contributed by atoms with Gasteiger partial charge in [-0.25, -0.2) is 4.98 Å². The van der Waals surface area contributed by atoms with Gasteiger partial charge in [0.05, 0.1) is 20.3 Å². The van der Waals surface area contributed by atoms with E-state index in [1.165, 1.54) is 0 Å². The SMILES string of the molecule is COc1ccccc1C(NC(=O)CCc1ccc2c(c1)OCCCO2)c1nccn1C. The minimum atomic E-state index is -0.410. The van der Waals surface area contributed by atoms with Crippen molar-refractivity contribution in [3.8, 4) is 17.2 Å². The second-order valence-corrected chi connectivity index (χ2v) is 7.47. The van der Waals surface area contributed by atoms with Crippen molar-refractivity contribution < 1.29 is 19.0 Å². The molecule has 0 bridgehead atoms. The van der Waals surface area contributed by atoms with Gasteiger partial charge in [-0.3, -0.25) is 4.79 Å². The van der Waals surface area contributed by atoms with E-state index in [9.17, 15) is 4.79 Å². The van der Waals surface area contributed by atoms with Crippen molar-refractivity contribution in [3.05, 3.63) is 71.8 Å². The Morgan fingerprint density at radius 1 is 1.19 bits per heavy atom. The first kappa shape index (κ1) is 20.8. The summed E-state index contributed by atoms with van der Waals surface area (Å²) in [6.07, 6.45) is 5.39. The van der Waals surface area contributed by atoms with E-state index in [0.717, 1.165) is 34.9 Å². The van der Waals surface area contributed by atoms with E-state index in [1.54, 1.807) is 13.3 Å². The third-order valence-corrected chi connectivity index (χ3v) is 5.32. The first-order chi connectivity index (χ1) is 15.2. The fourth-order valence-electron chi connectivity index (χ4n) is 3.70. The standard InChI is InChI=1S/C24H27N3O4/c1-27-13-12-25-24(27)23(18-6-3-4-7-19(18)29-2)26-22(28)11-9-17-8-10-20-21(16-17)31-15-5-14-30-20/h3-4,6-8,10,12-13,16,23H,5,9,11,14-15H2,1-2H3,(H,26,28). The van der Waals surface area contributed by atoms with Crippen LogP contribution in [0.4, 0.5) is 0 Å². The molecule has 2 aromatic carbocycles. The Labute approximate surface area is 182 Å². The summed E-state index contributed by atoms with van der Waals surface area (Å²) in [6.45, 7) is 1.30. The van der Waals surface area contributed by atoms with Gasteiger partial charge >= 0.3 is 0 Å². The molecule has 1 unspecified atom stereocenters. The van der Waals surface area contributed by atoms with Crippen molar-refractivity contribution in [2.45, 2.75) is 25.3 Å². The summed E-state index contributed by atoms with van der Waals surface area (Å²) in [5.41, 5.74) is 1.90. The molecule has 0 saturated carbocycles. The molecule has 0 fully saturated rings. The van der Waals surface area contributed by atoms with Crippen LogP contribution in [0.25, 0.3) is 0 Å². The third-order valence-electron chi connectivity index (χ3n) is 5.32. The number of amides is 1. The molecule has 2 heterocycles. The fourth-order valence-corrected chi connectivity index (χ4v) is 3.70. The molecule has 0 spiro atoms. The van der Waals surface area contributed by atoms with E-state index in [2.05, 4.69) is 10.3 Å². The van der Waals surface area contributed by atoms with Crippen LogP contribution in [-0.4, -0.2) is 35.8 Å². The lowest BCUT2D eigenvalue weighted by atomic mass is 10.0. The first-order valence-electron chi connectivity index (χ1n) is 10.4. The second-order valence-electron chi connectivity index (χ2n) is 7.47. The van der Waals surface area contributed by atoms with Gasteiger partial charge in [0.25, 0.3) is 0 Å². The molecule has 0 aliphatic carbocycles. The summed E-state index contributed by atoms with van der Waals surface area (Å²) in [4.78, 5) is 17.4. The average Bonchev–Trinajstić information content (AvgIpc) is 3.08. The number of rotatable bonds is 7. The zero-order chi connectivity index (χ0) is 21.6. The Morgan fingerprint density at radius 2 is 2.00 bits per heavy atom. The van der Waals surface area contributed by atoms with Crippen LogP contribution in [0.15, 0.2) is 54.9 Å². The van der Waals surface area contributed by atoms with Crippen LogP contribution in [0, 0.1) is 0 Å². The number of hydrogen-bond acceptors (Lipinski definition) is 5. The van der Waals surface area contributed by atoms with Crippen LogP contribution in [-0.2, 0) is 18.3 Å². The molecule has 7 heteroatoms. The summed E-state index contributed by atoms with van der Waals surface area (Å²) in [5.74, 6) is 2.89. The average molecular weight is 421 g/mol. The number of para-hydroxylation sites is 1. The molecule has 1 aromatic heterocycles. The zero-order valence-corrected chi connectivity index (χ0v) is 17.8. The number of fused-ring (bicyclic) bond motifs is 1. The van der Waals surface area contributed by atoms with Crippen molar-refractivity contribution >= 4 is 5.91 Å². The maximum atomic E-state index is 12.9. The number of benzene rings is 2. The van der Waals surface area contributed by atoms with Gasteiger partial charge in [0.15, 0.2) is 11.5 Å². The van der Waals surface area contributed by atoms with Crippen molar-refractivity contribution in [1.82, 2.24) is 14.9 Å².